The molecule has 0 heterocycles. The van der Waals surface area contributed by atoms with Gasteiger partial charge in [-0.25, -0.2) is 4.99 Å². The van der Waals surface area contributed by atoms with E-state index >= 15 is 0 Å². The minimum absolute atomic E-state index is 0.181. The van der Waals surface area contributed by atoms with Crippen LogP contribution in [0.25, 0.3) is 0 Å². The Hall–Kier alpha value is -2.89. The molecule has 0 bridgehead atoms. The van der Waals surface area contributed by atoms with Gasteiger partial charge in [0, 0.05) is 5.56 Å². The van der Waals surface area contributed by atoms with Gasteiger partial charge in [-0.05, 0) is 81.1 Å². The zero-order valence-corrected chi connectivity index (χ0v) is 28.4. The summed E-state index contributed by atoms with van der Waals surface area (Å²) >= 11 is -0.181. The van der Waals surface area contributed by atoms with Gasteiger partial charge in [-0.3, -0.25) is 0 Å². The first-order valence-corrected chi connectivity index (χ1v) is 18.8. The molecule has 6 heteroatoms. The fraction of sp³-hybridized carbons (Fsp3) is 0.139. The fourth-order valence-corrected chi connectivity index (χ4v) is 7.97. The summed E-state index contributed by atoms with van der Waals surface area (Å²) in [6, 6.07) is 43.7. The topological polar surface area (TPSA) is 15.6 Å². The predicted octanol–water partition coefficient (Wildman–Crippen LogP) is 9.97. The maximum atomic E-state index is 5.56. The molecular weight excluding hydrogens is 614 g/mol. The van der Waals surface area contributed by atoms with Crippen LogP contribution in [0.4, 0.5) is 11.4 Å². The number of amidine groups is 1. The number of hydrogen-bond donors (Lipinski definition) is 0. The van der Waals surface area contributed by atoms with Crippen molar-refractivity contribution in [1.29, 1.82) is 0 Å². The number of benzene rings is 5. The number of nitrogens with zero attached hydrogens (tertiary/aromatic N) is 2. The average Bonchev–Trinajstić information content (AvgIpc) is 2.99. The quantitative estimate of drug-likeness (QED) is 0.102. The summed E-state index contributed by atoms with van der Waals surface area (Å²) in [6.07, 6.45) is 0. The van der Waals surface area contributed by atoms with Crippen LogP contribution in [0.1, 0.15) is 33.4 Å². The van der Waals surface area contributed by atoms with E-state index in [1.54, 1.807) is 0 Å². The van der Waals surface area contributed by atoms with Crippen molar-refractivity contribution >= 4 is 56.0 Å². The number of anilines is 1. The summed E-state index contributed by atoms with van der Waals surface area (Å²) in [4.78, 5) is 5.56. The second-order valence-electron chi connectivity index (χ2n) is 10.3. The van der Waals surface area contributed by atoms with Crippen molar-refractivity contribution in [3.05, 3.63) is 155 Å². The van der Waals surface area contributed by atoms with Gasteiger partial charge >= 0.3 is 33.5 Å². The minimum atomic E-state index is -1.53. The van der Waals surface area contributed by atoms with Gasteiger partial charge in [0.05, 0.1) is 11.4 Å². The fourth-order valence-electron chi connectivity index (χ4n) is 5.13. The molecule has 0 aromatic heterocycles. The molecule has 2 nitrogen and oxygen atoms in total. The average molecular weight is 651 g/mol. The van der Waals surface area contributed by atoms with E-state index in [0.717, 1.165) is 17.1 Å². The molecule has 214 valence electrons. The summed E-state index contributed by atoms with van der Waals surface area (Å²) in [5.74, 6) is 0.978. The molecule has 0 N–H and O–H groups in total. The molecule has 5 rings (SSSR count). The van der Waals surface area contributed by atoms with Crippen molar-refractivity contribution in [3.63, 3.8) is 0 Å². The number of halogens is 2. The zero-order valence-electron chi connectivity index (χ0n) is 24.6. The van der Waals surface area contributed by atoms with E-state index in [9.17, 15) is 0 Å². The molecule has 0 radical (unpaired) electrons. The predicted molar refractivity (Wildman–Crippen MR) is 184 cm³/mol. The summed E-state index contributed by atoms with van der Waals surface area (Å²) in [5.41, 5.74) is 9.44. The number of aliphatic imine (C=N–C) groups is 1. The molecule has 0 spiro atoms. The van der Waals surface area contributed by atoms with Crippen LogP contribution >= 0.6 is 28.2 Å². The molecule has 0 fully saturated rings. The summed E-state index contributed by atoms with van der Waals surface area (Å²) in [5, 5.41) is 2.63. The number of aryl methyl sites for hydroxylation is 5. The van der Waals surface area contributed by atoms with Crippen LogP contribution in [-0.4, -0.2) is 5.84 Å². The molecule has 0 aliphatic carbocycles. The molecule has 5 aromatic rings. The zero-order chi connectivity index (χ0) is 30.1. The van der Waals surface area contributed by atoms with Crippen molar-refractivity contribution in [3.8, 4) is 0 Å². The summed E-state index contributed by atoms with van der Waals surface area (Å²) in [7, 11) is 8.12. The van der Waals surface area contributed by atoms with Crippen LogP contribution in [0.5, 0.6) is 0 Å². The molecule has 0 aliphatic rings. The molecule has 42 heavy (non-hydrogen) atoms. The van der Waals surface area contributed by atoms with Crippen LogP contribution in [0, 0.1) is 34.6 Å². The maximum absolute atomic E-state index is 5.56. The third kappa shape index (κ3) is 7.73. The first-order chi connectivity index (χ1) is 20.3. The molecule has 0 atom stereocenters. The van der Waals surface area contributed by atoms with Gasteiger partial charge in [0.2, 0.25) is 0 Å². The SMILES string of the molecule is Cc1ccc(C(=Nc2c(C)cccc2C)N(c2c(C)cccc2C)[PH+](c2ccccc2)c2ccccc2)cc1.[Cl][Cr][Cl]. The van der Waals surface area contributed by atoms with Crippen molar-refractivity contribution in [1.82, 2.24) is 0 Å². The molecule has 0 amide bonds. The van der Waals surface area contributed by atoms with Crippen LogP contribution < -0.4 is 15.3 Å². The summed E-state index contributed by atoms with van der Waals surface area (Å²) in [6.45, 7) is 10.9. The second-order valence-corrected chi connectivity index (χ2v) is 14.7. The molecule has 0 saturated carbocycles. The first kappa shape index (κ1) is 32.0. The Kier molecular flexibility index (Phi) is 11.9. The normalized spacial score (nSPS) is 11.2. The van der Waals surface area contributed by atoms with Crippen LogP contribution in [0.15, 0.2) is 126 Å². The van der Waals surface area contributed by atoms with Crippen molar-refractivity contribution in [2.24, 2.45) is 4.99 Å². The number of rotatable bonds is 6. The molecule has 0 saturated heterocycles. The molecular formula is C36H36Cl2CrN2P+. The van der Waals surface area contributed by atoms with Gasteiger partial charge in [0.25, 0.3) is 0 Å². The van der Waals surface area contributed by atoms with E-state index in [1.165, 1.54) is 44.1 Å². The second kappa shape index (κ2) is 15.5. The van der Waals surface area contributed by atoms with Gasteiger partial charge < -0.3 is 0 Å². The van der Waals surface area contributed by atoms with Crippen molar-refractivity contribution < 1.29 is 13.4 Å². The van der Waals surface area contributed by atoms with E-state index in [1.807, 2.05) is 0 Å². The third-order valence-electron chi connectivity index (χ3n) is 7.16. The first-order valence-electron chi connectivity index (χ1n) is 13.8. The van der Waals surface area contributed by atoms with E-state index in [4.69, 9.17) is 25.1 Å². The Morgan fingerprint density at radius 1 is 0.571 bits per heavy atom. The molecule has 5 aromatic carbocycles. The van der Waals surface area contributed by atoms with Gasteiger partial charge in [-0.1, -0.05) is 103 Å². The van der Waals surface area contributed by atoms with Gasteiger partial charge in [-0.15, -0.1) is 0 Å². The molecule has 0 aliphatic heterocycles. The Balaban J connectivity index is 0.00000129. The number of hydrogen-bond acceptors (Lipinski definition) is 1. The Morgan fingerprint density at radius 2 is 1.00 bits per heavy atom. The Bertz CT molecular complexity index is 1540. The van der Waals surface area contributed by atoms with Gasteiger partial charge in [0.1, 0.15) is 10.6 Å². The number of para-hydroxylation sites is 2. The van der Waals surface area contributed by atoms with E-state index < -0.39 is 8.07 Å². The van der Waals surface area contributed by atoms with Gasteiger partial charge in [-0.2, -0.15) is 4.67 Å². The monoisotopic (exact) mass is 649 g/mol. The third-order valence-corrected chi connectivity index (χ3v) is 9.80. The van der Waals surface area contributed by atoms with Crippen molar-refractivity contribution in [2.75, 3.05) is 4.67 Å². The van der Waals surface area contributed by atoms with E-state index in [2.05, 4.69) is 161 Å². The van der Waals surface area contributed by atoms with E-state index in [-0.39, 0.29) is 13.4 Å². The molecule has 0 unspecified atom stereocenters. The van der Waals surface area contributed by atoms with Gasteiger partial charge in [0.15, 0.2) is 13.9 Å². The van der Waals surface area contributed by atoms with Crippen LogP contribution in [-0.2, 0) is 13.4 Å². The van der Waals surface area contributed by atoms with E-state index in [0.29, 0.717) is 0 Å². The Labute approximate surface area is 267 Å². The Morgan fingerprint density at radius 3 is 1.45 bits per heavy atom. The van der Waals surface area contributed by atoms with Crippen LogP contribution in [0.2, 0.25) is 0 Å². The standard InChI is InChI=1S/C36H35N2P.2ClH.Cr/c1-26-22-24-31(25-23-26)36(37-34-27(2)14-12-15-28(34)3)38(35-29(4)16-13-17-30(35)5)39(32-18-8-6-9-19-32)33-20-10-7-11-21-33;;;/h6-25H,1-5H3;2*1H;/q;;;+2/p-1. The van der Waals surface area contributed by atoms with Crippen LogP contribution in [0.3, 0.4) is 0 Å². The van der Waals surface area contributed by atoms with Crippen molar-refractivity contribution in [2.45, 2.75) is 34.6 Å². The summed E-state index contributed by atoms with van der Waals surface area (Å²) < 4.78 is 2.57.